The molecule has 0 aliphatic carbocycles. The van der Waals surface area contributed by atoms with Gasteiger partial charge in [0.2, 0.25) is 5.95 Å². The molecular formula is C25H22ClF3N6O2. The van der Waals surface area contributed by atoms with E-state index in [1.54, 1.807) is 6.21 Å². The topological polar surface area (TPSA) is 108 Å². The fourth-order valence-electron chi connectivity index (χ4n) is 2.85. The number of alkyl halides is 3. The van der Waals surface area contributed by atoms with Crippen molar-refractivity contribution >= 4 is 47.0 Å². The SMILES string of the molecule is C=C(/C=C\C=C(/C)C(F)(F)F)C(=O)Nc1ccc(Cl)c(C(=O)Nc2cnc(NC3=CCCN=C3)nc2)c1. The second-order valence-corrected chi connectivity index (χ2v) is 8.15. The number of amides is 2. The number of dihydropyridines is 1. The number of aromatic nitrogens is 2. The van der Waals surface area contributed by atoms with E-state index in [4.69, 9.17) is 11.6 Å². The van der Waals surface area contributed by atoms with Crippen molar-refractivity contribution in [2.24, 2.45) is 4.99 Å². The monoisotopic (exact) mass is 530 g/mol. The molecule has 0 atom stereocenters. The van der Waals surface area contributed by atoms with E-state index in [-0.39, 0.29) is 21.8 Å². The van der Waals surface area contributed by atoms with Gasteiger partial charge in [0, 0.05) is 29.6 Å². The average Bonchev–Trinajstić information content (AvgIpc) is 2.86. The van der Waals surface area contributed by atoms with Crippen LogP contribution in [0, 0.1) is 0 Å². The van der Waals surface area contributed by atoms with Crippen molar-refractivity contribution in [2.45, 2.75) is 19.5 Å². The number of anilines is 3. The first kappa shape index (κ1) is 27.3. The lowest BCUT2D eigenvalue weighted by Crippen LogP contribution is -2.16. The number of hydrogen-bond acceptors (Lipinski definition) is 6. The zero-order valence-electron chi connectivity index (χ0n) is 19.6. The predicted octanol–water partition coefficient (Wildman–Crippen LogP) is 5.71. The molecule has 37 heavy (non-hydrogen) atoms. The maximum absolute atomic E-state index is 12.8. The van der Waals surface area contributed by atoms with Crippen molar-refractivity contribution < 1.29 is 22.8 Å². The molecule has 192 valence electrons. The molecule has 3 N–H and O–H groups in total. The van der Waals surface area contributed by atoms with Crippen molar-refractivity contribution in [3.8, 4) is 0 Å². The fraction of sp³-hybridized carbons (Fsp3) is 0.160. The molecule has 0 bridgehead atoms. The minimum absolute atomic E-state index is 0.0649. The number of nitrogens with zero attached hydrogens (tertiary/aromatic N) is 3. The maximum Gasteiger partial charge on any atom is 0.412 e. The lowest BCUT2D eigenvalue weighted by Gasteiger charge is -2.11. The highest BCUT2D eigenvalue weighted by molar-refractivity contribution is 6.34. The third kappa shape index (κ3) is 8.14. The minimum Gasteiger partial charge on any atom is -0.323 e. The van der Waals surface area contributed by atoms with Gasteiger partial charge in [-0.15, -0.1) is 0 Å². The zero-order chi connectivity index (χ0) is 27.0. The molecule has 12 heteroatoms. The summed E-state index contributed by atoms with van der Waals surface area (Å²) in [7, 11) is 0. The molecule has 2 amide bonds. The number of hydrogen-bond donors (Lipinski definition) is 3. The number of benzene rings is 1. The summed E-state index contributed by atoms with van der Waals surface area (Å²) in [5, 5.41) is 8.29. The van der Waals surface area contributed by atoms with Gasteiger partial charge in [0.1, 0.15) is 0 Å². The Balaban J connectivity index is 1.62. The van der Waals surface area contributed by atoms with E-state index in [1.165, 1.54) is 30.6 Å². The highest BCUT2D eigenvalue weighted by Crippen LogP contribution is 2.25. The van der Waals surface area contributed by atoms with Gasteiger partial charge in [-0.05, 0) is 31.5 Å². The Hall–Kier alpha value is -4.25. The van der Waals surface area contributed by atoms with Crippen LogP contribution in [0.4, 0.5) is 30.5 Å². The molecule has 0 radical (unpaired) electrons. The third-order valence-corrected chi connectivity index (χ3v) is 5.20. The molecule has 1 aromatic heterocycles. The number of rotatable bonds is 8. The Morgan fingerprint density at radius 2 is 1.86 bits per heavy atom. The van der Waals surface area contributed by atoms with E-state index in [9.17, 15) is 22.8 Å². The van der Waals surface area contributed by atoms with E-state index >= 15 is 0 Å². The van der Waals surface area contributed by atoms with Crippen LogP contribution < -0.4 is 16.0 Å². The largest absolute Gasteiger partial charge is 0.412 e. The predicted molar refractivity (Wildman–Crippen MR) is 138 cm³/mol. The smallest absolute Gasteiger partial charge is 0.323 e. The molecule has 3 rings (SSSR count). The molecule has 0 fully saturated rings. The van der Waals surface area contributed by atoms with Crippen LogP contribution in [0.15, 0.2) is 83.3 Å². The summed E-state index contributed by atoms with van der Waals surface area (Å²) in [5.41, 5.74) is 0.475. The summed E-state index contributed by atoms with van der Waals surface area (Å²) in [6, 6.07) is 4.24. The van der Waals surface area contributed by atoms with Crippen molar-refractivity contribution in [1.29, 1.82) is 0 Å². The summed E-state index contributed by atoms with van der Waals surface area (Å²) in [4.78, 5) is 37.6. The summed E-state index contributed by atoms with van der Waals surface area (Å²) in [6.07, 6.45) is 5.90. The van der Waals surface area contributed by atoms with Gasteiger partial charge >= 0.3 is 6.18 Å². The highest BCUT2D eigenvalue weighted by Gasteiger charge is 2.29. The lowest BCUT2D eigenvalue weighted by molar-refractivity contribution is -0.112. The molecule has 2 aromatic rings. The molecule has 1 aliphatic heterocycles. The molecule has 0 spiro atoms. The number of halogens is 4. The normalized spacial score (nSPS) is 13.8. The zero-order valence-corrected chi connectivity index (χ0v) is 20.3. The minimum atomic E-state index is -4.46. The summed E-state index contributed by atoms with van der Waals surface area (Å²) >= 11 is 6.16. The van der Waals surface area contributed by atoms with Gasteiger partial charge in [-0.2, -0.15) is 13.2 Å². The van der Waals surface area contributed by atoms with Gasteiger partial charge < -0.3 is 16.0 Å². The van der Waals surface area contributed by atoms with Crippen molar-refractivity contribution in [1.82, 2.24) is 9.97 Å². The second-order valence-electron chi connectivity index (χ2n) is 7.74. The van der Waals surface area contributed by atoms with Gasteiger partial charge in [0.15, 0.2) is 0 Å². The second kappa shape index (κ2) is 12.1. The van der Waals surface area contributed by atoms with Crippen LogP contribution in [-0.4, -0.2) is 40.7 Å². The van der Waals surface area contributed by atoms with E-state index in [0.29, 0.717) is 11.6 Å². The van der Waals surface area contributed by atoms with E-state index in [1.807, 2.05) is 6.08 Å². The molecule has 1 aliphatic rings. The van der Waals surface area contributed by atoms with E-state index in [0.717, 1.165) is 43.8 Å². The van der Waals surface area contributed by atoms with Crippen LogP contribution in [0.1, 0.15) is 23.7 Å². The number of allylic oxidation sites excluding steroid dienone is 4. The van der Waals surface area contributed by atoms with Crippen LogP contribution in [0.25, 0.3) is 0 Å². The summed E-state index contributed by atoms with van der Waals surface area (Å²) < 4.78 is 37.6. The average molecular weight is 531 g/mol. The van der Waals surface area contributed by atoms with Crippen LogP contribution >= 0.6 is 11.6 Å². The molecule has 0 saturated heterocycles. The van der Waals surface area contributed by atoms with Gasteiger partial charge in [-0.3, -0.25) is 14.6 Å². The third-order valence-electron chi connectivity index (χ3n) is 4.87. The first-order valence-electron chi connectivity index (χ1n) is 10.9. The van der Waals surface area contributed by atoms with Crippen molar-refractivity contribution in [3.63, 3.8) is 0 Å². The quantitative estimate of drug-likeness (QED) is 0.299. The number of aliphatic imine (C=N–C) groups is 1. The number of nitrogens with one attached hydrogen (secondary N) is 3. The highest BCUT2D eigenvalue weighted by atomic mass is 35.5. The Kier molecular flexibility index (Phi) is 8.96. The number of carbonyl (C=O) groups is 2. The first-order chi connectivity index (χ1) is 17.5. The number of carbonyl (C=O) groups excluding carboxylic acids is 2. The first-order valence-corrected chi connectivity index (χ1v) is 11.2. The Morgan fingerprint density at radius 1 is 1.14 bits per heavy atom. The van der Waals surface area contributed by atoms with Crippen LogP contribution in [-0.2, 0) is 4.79 Å². The molecule has 1 aromatic carbocycles. The molecule has 2 heterocycles. The van der Waals surface area contributed by atoms with Crippen LogP contribution in [0.5, 0.6) is 0 Å². The van der Waals surface area contributed by atoms with Crippen LogP contribution in [0.3, 0.4) is 0 Å². The maximum atomic E-state index is 12.8. The van der Waals surface area contributed by atoms with Gasteiger partial charge in [0.05, 0.1) is 34.4 Å². The standard InChI is InChI=1S/C25H22ClF3N6O2/c1-15(5-3-6-16(2)25(27,28)29)22(36)33-17-8-9-21(26)20(11-17)23(37)34-19-13-31-24(32-14-19)35-18-7-4-10-30-12-18/h3,5-9,11-14H,1,4,10H2,2H3,(H,33,36)(H,34,37)(H,31,32,35)/b5-3-,16-6+. The molecule has 8 nitrogen and oxygen atoms in total. The van der Waals surface area contributed by atoms with E-state index < -0.39 is 23.6 Å². The van der Waals surface area contributed by atoms with Gasteiger partial charge in [0.25, 0.3) is 11.8 Å². The molecule has 0 unspecified atom stereocenters. The summed E-state index contributed by atoms with van der Waals surface area (Å²) in [6.45, 7) is 5.19. The van der Waals surface area contributed by atoms with Gasteiger partial charge in [-0.1, -0.05) is 42.5 Å². The van der Waals surface area contributed by atoms with Crippen molar-refractivity contribution in [2.75, 3.05) is 22.5 Å². The Morgan fingerprint density at radius 3 is 2.51 bits per heavy atom. The van der Waals surface area contributed by atoms with Gasteiger partial charge in [-0.25, -0.2) is 9.97 Å². The van der Waals surface area contributed by atoms with Crippen LogP contribution in [0.2, 0.25) is 5.02 Å². The van der Waals surface area contributed by atoms with E-state index in [2.05, 4.69) is 37.5 Å². The molecular weight excluding hydrogens is 509 g/mol. The lowest BCUT2D eigenvalue weighted by atomic mass is 10.1. The molecule has 0 saturated carbocycles. The van der Waals surface area contributed by atoms with Crippen molar-refractivity contribution in [3.05, 3.63) is 88.9 Å². The Labute approximate surface area is 215 Å². The summed E-state index contributed by atoms with van der Waals surface area (Å²) in [5.74, 6) is -0.907. The Bertz CT molecular complexity index is 1310. The fourth-order valence-corrected chi connectivity index (χ4v) is 3.05.